The number of nitrogens with one attached hydrogen (secondary N) is 2. The Morgan fingerprint density at radius 1 is 1.17 bits per heavy atom. The Balaban J connectivity index is 2.04. The fraction of sp³-hybridized carbons (Fsp3) is 0.111. The van der Waals surface area contributed by atoms with Crippen LogP contribution >= 0.6 is 50.7 Å². The lowest BCUT2D eigenvalue weighted by Crippen LogP contribution is -2.37. The number of anilines is 1. The summed E-state index contributed by atoms with van der Waals surface area (Å²) in [5.41, 5.74) is 3.03. The van der Waals surface area contributed by atoms with Crippen molar-refractivity contribution in [2.75, 3.05) is 19.4 Å². The number of amides is 2. The van der Waals surface area contributed by atoms with Gasteiger partial charge in [-0.25, -0.2) is 15.1 Å². The van der Waals surface area contributed by atoms with Crippen LogP contribution in [0.2, 0.25) is 15.1 Å². The molecule has 8 nitrogen and oxygen atoms in total. The van der Waals surface area contributed by atoms with Crippen molar-refractivity contribution in [2.45, 2.75) is 0 Å². The van der Waals surface area contributed by atoms with E-state index in [9.17, 15) is 9.59 Å². The van der Waals surface area contributed by atoms with Gasteiger partial charge in [0.15, 0.2) is 5.82 Å². The molecule has 0 unspecified atom stereocenters. The van der Waals surface area contributed by atoms with E-state index in [1.54, 1.807) is 19.2 Å². The molecule has 0 aliphatic heterocycles. The standard InChI is InChI=1S/C18H14BrCl3N6O2/c1-23-27(2)18(30)10-6-9(20)7-12(22)15(10)25-17(29)13-8-14(19)26-28(13)16-11(21)4-3-5-24-16/h3-8,23H,1-2H3,(H,25,29). The van der Waals surface area contributed by atoms with Crippen molar-refractivity contribution < 1.29 is 9.59 Å². The van der Waals surface area contributed by atoms with Crippen LogP contribution in [0.5, 0.6) is 0 Å². The molecular formula is C18H14BrCl3N6O2. The maximum atomic E-state index is 13.1. The summed E-state index contributed by atoms with van der Waals surface area (Å²) in [5.74, 6) is -0.761. The third kappa shape index (κ3) is 4.60. The van der Waals surface area contributed by atoms with Gasteiger partial charge in [0.05, 0.1) is 21.3 Å². The average Bonchev–Trinajstić information content (AvgIpc) is 3.10. The molecule has 0 saturated heterocycles. The van der Waals surface area contributed by atoms with Crippen molar-refractivity contribution in [3.05, 3.63) is 67.5 Å². The maximum absolute atomic E-state index is 13.1. The largest absolute Gasteiger partial charge is 0.319 e. The summed E-state index contributed by atoms with van der Waals surface area (Å²) in [6.45, 7) is 0. The summed E-state index contributed by atoms with van der Waals surface area (Å²) in [6.07, 6.45) is 1.53. The molecule has 30 heavy (non-hydrogen) atoms. The molecule has 2 amide bonds. The van der Waals surface area contributed by atoms with Gasteiger partial charge >= 0.3 is 0 Å². The van der Waals surface area contributed by atoms with Crippen molar-refractivity contribution in [3.63, 3.8) is 0 Å². The quantitative estimate of drug-likeness (QED) is 0.474. The minimum atomic E-state index is -0.583. The van der Waals surface area contributed by atoms with Crippen LogP contribution in [0.4, 0.5) is 5.69 Å². The molecule has 156 valence electrons. The first-order valence-electron chi connectivity index (χ1n) is 8.35. The molecule has 2 N–H and O–H groups in total. The molecule has 0 aliphatic carbocycles. The molecular weight excluding hydrogens is 519 g/mol. The number of pyridine rings is 1. The summed E-state index contributed by atoms with van der Waals surface area (Å²) < 4.78 is 1.68. The Hall–Kier alpha value is -2.17. The minimum Gasteiger partial charge on any atom is -0.319 e. The molecule has 0 radical (unpaired) electrons. The van der Waals surface area contributed by atoms with E-state index in [1.807, 2.05) is 0 Å². The molecule has 0 spiro atoms. The van der Waals surface area contributed by atoms with Gasteiger partial charge in [-0.1, -0.05) is 34.8 Å². The Morgan fingerprint density at radius 3 is 2.57 bits per heavy atom. The van der Waals surface area contributed by atoms with Crippen molar-refractivity contribution in [2.24, 2.45) is 0 Å². The molecule has 12 heteroatoms. The second-order valence-electron chi connectivity index (χ2n) is 5.93. The van der Waals surface area contributed by atoms with Gasteiger partial charge in [-0.15, -0.1) is 0 Å². The smallest absolute Gasteiger partial charge is 0.274 e. The predicted molar refractivity (Wildman–Crippen MR) is 120 cm³/mol. The number of hydrogen-bond acceptors (Lipinski definition) is 5. The Bertz CT molecular complexity index is 1140. The van der Waals surface area contributed by atoms with Crippen LogP contribution in [0.25, 0.3) is 5.82 Å². The van der Waals surface area contributed by atoms with Gasteiger partial charge in [0, 0.05) is 31.4 Å². The highest BCUT2D eigenvalue weighted by atomic mass is 79.9. The van der Waals surface area contributed by atoms with Crippen LogP contribution in [-0.2, 0) is 0 Å². The van der Waals surface area contributed by atoms with Crippen LogP contribution < -0.4 is 10.7 Å². The van der Waals surface area contributed by atoms with E-state index in [4.69, 9.17) is 34.8 Å². The van der Waals surface area contributed by atoms with E-state index in [0.29, 0.717) is 9.63 Å². The number of carbonyl (C=O) groups excluding carboxylic acids is 2. The van der Waals surface area contributed by atoms with Crippen molar-refractivity contribution >= 4 is 68.2 Å². The van der Waals surface area contributed by atoms with Crippen LogP contribution in [0.15, 0.2) is 41.1 Å². The van der Waals surface area contributed by atoms with Gasteiger partial charge in [-0.05, 0) is 40.2 Å². The van der Waals surface area contributed by atoms with Crippen LogP contribution in [-0.4, -0.2) is 45.7 Å². The van der Waals surface area contributed by atoms with E-state index < -0.39 is 11.8 Å². The zero-order valence-corrected chi connectivity index (χ0v) is 19.4. The monoisotopic (exact) mass is 530 g/mol. The number of carbonyl (C=O) groups is 2. The van der Waals surface area contributed by atoms with Gasteiger partial charge in [-0.3, -0.25) is 14.6 Å². The van der Waals surface area contributed by atoms with E-state index in [1.165, 1.54) is 41.1 Å². The zero-order chi connectivity index (χ0) is 22.0. The second-order valence-corrected chi connectivity index (χ2v) is 7.99. The Labute approximate surface area is 195 Å². The SMILES string of the molecule is CNN(C)C(=O)c1cc(Cl)cc(Cl)c1NC(=O)c1cc(Br)nn1-c1ncccc1Cl. The topological polar surface area (TPSA) is 92.2 Å². The minimum absolute atomic E-state index is 0.102. The average molecular weight is 533 g/mol. The summed E-state index contributed by atoms with van der Waals surface area (Å²) in [5, 5.41) is 8.78. The first kappa shape index (κ1) is 22.5. The van der Waals surface area contributed by atoms with Crippen LogP contribution in [0.3, 0.4) is 0 Å². The van der Waals surface area contributed by atoms with E-state index >= 15 is 0 Å². The van der Waals surface area contributed by atoms with Crippen LogP contribution in [0, 0.1) is 0 Å². The number of nitrogens with zero attached hydrogens (tertiary/aromatic N) is 4. The van der Waals surface area contributed by atoms with Gasteiger partial charge in [0.25, 0.3) is 11.8 Å². The number of hydrazine groups is 1. The lowest BCUT2D eigenvalue weighted by molar-refractivity contribution is 0.0736. The third-order valence-electron chi connectivity index (χ3n) is 4.02. The summed E-state index contributed by atoms with van der Waals surface area (Å²) in [4.78, 5) is 30.0. The van der Waals surface area contributed by atoms with Crippen LogP contribution in [0.1, 0.15) is 20.8 Å². The van der Waals surface area contributed by atoms with Crippen molar-refractivity contribution in [3.8, 4) is 5.82 Å². The zero-order valence-electron chi connectivity index (χ0n) is 15.6. The lowest BCUT2D eigenvalue weighted by atomic mass is 10.1. The first-order valence-corrected chi connectivity index (χ1v) is 10.3. The van der Waals surface area contributed by atoms with E-state index in [-0.39, 0.29) is 32.8 Å². The van der Waals surface area contributed by atoms with E-state index in [0.717, 1.165) is 0 Å². The number of benzene rings is 1. The molecule has 1 aromatic carbocycles. The third-order valence-corrected chi connectivity index (χ3v) is 5.21. The fourth-order valence-corrected chi connectivity index (χ4v) is 3.66. The summed E-state index contributed by atoms with van der Waals surface area (Å²) in [6, 6.07) is 7.63. The van der Waals surface area contributed by atoms with E-state index in [2.05, 4.69) is 36.8 Å². The Morgan fingerprint density at radius 2 is 1.90 bits per heavy atom. The molecule has 3 aromatic rings. The number of rotatable bonds is 5. The number of aromatic nitrogens is 3. The highest BCUT2D eigenvalue weighted by Gasteiger charge is 2.24. The molecule has 0 bridgehead atoms. The van der Waals surface area contributed by atoms with Gasteiger partial charge < -0.3 is 5.32 Å². The highest BCUT2D eigenvalue weighted by Crippen LogP contribution is 2.32. The van der Waals surface area contributed by atoms with Crippen molar-refractivity contribution in [1.82, 2.24) is 25.2 Å². The molecule has 0 fully saturated rings. The molecule has 0 aliphatic rings. The molecule has 0 atom stereocenters. The highest BCUT2D eigenvalue weighted by molar-refractivity contribution is 9.10. The number of hydrogen-bond donors (Lipinski definition) is 2. The maximum Gasteiger partial charge on any atom is 0.274 e. The van der Waals surface area contributed by atoms with Crippen molar-refractivity contribution in [1.29, 1.82) is 0 Å². The number of halogens is 4. The summed E-state index contributed by atoms with van der Waals surface area (Å²) >= 11 is 21.8. The molecule has 2 aromatic heterocycles. The molecule has 3 rings (SSSR count). The van der Waals surface area contributed by atoms with Gasteiger partial charge in [0.2, 0.25) is 0 Å². The molecule has 2 heterocycles. The Kier molecular flexibility index (Phi) is 6.99. The lowest BCUT2D eigenvalue weighted by Gasteiger charge is -2.19. The fourth-order valence-electron chi connectivity index (χ4n) is 2.54. The van der Waals surface area contributed by atoms with Gasteiger partial charge in [-0.2, -0.15) is 5.10 Å². The predicted octanol–water partition coefficient (Wildman–Crippen LogP) is 4.45. The molecule has 0 saturated carbocycles. The second kappa shape index (κ2) is 9.32. The van der Waals surface area contributed by atoms with Gasteiger partial charge in [0.1, 0.15) is 10.3 Å². The summed E-state index contributed by atoms with van der Waals surface area (Å²) in [7, 11) is 3.10. The first-order chi connectivity index (χ1) is 14.2. The normalized spacial score (nSPS) is 10.7.